The number of hydrogen-bond acceptors (Lipinski definition) is 3. The van der Waals surface area contributed by atoms with Crippen LogP contribution in [0.3, 0.4) is 0 Å². The first-order chi connectivity index (χ1) is 8.60. The monoisotopic (exact) mass is 237 g/mol. The highest BCUT2D eigenvalue weighted by atomic mass is 16.1. The van der Waals surface area contributed by atoms with Crippen LogP contribution in [0, 0.1) is 12.3 Å². The Hall–Kier alpha value is -2.80. The summed E-state index contributed by atoms with van der Waals surface area (Å²) in [6, 6.07) is 10.4. The molecule has 0 bridgehead atoms. The number of hydrogen-bond donors (Lipinski definition) is 2. The number of anilines is 1. The normalized spacial score (nSPS) is 9.72. The lowest BCUT2D eigenvalue weighted by atomic mass is 10.1. The van der Waals surface area contributed by atoms with Crippen molar-refractivity contribution in [3.63, 3.8) is 0 Å². The summed E-state index contributed by atoms with van der Waals surface area (Å²) >= 11 is 0. The van der Waals surface area contributed by atoms with E-state index < -0.39 is 5.91 Å². The third-order valence-electron chi connectivity index (χ3n) is 2.43. The SMILES string of the molecule is C#Cc1cccc(-c2cc(N)cc(C(N)=O)n2)c1. The largest absolute Gasteiger partial charge is 0.399 e. The van der Waals surface area contributed by atoms with Crippen LogP contribution < -0.4 is 11.5 Å². The molecule has 2 rings (SSSR count). The number of aromatic nitrogens is 1. The Morgan fingerprint density at radius 2 is 2.06 bits per heavy atom. The Balaban J connectivity index is 2.57. The number of amides is 1. The summed E-state index contributed by atoms with van der Waals surface area (Å²) in [6.45, 7) is 0. The number of nitrogens with zero attached hydrogens (tertiary/aromatic N) is 1. The highest BCUT2D eigenvalue weighted by Crippen LogP contribution is 2.21. The van der Waals surface area contributed by atoms with Gasteiger partial charge in [0.1, 0.15) is 5.69 Å². The highest BCUT2D eigenvalue weighted by molar-refractivity contribution is 5.92. The average Bonchev–Trinajstić information content (AvgIpc) is 2.38. The van der Waals surface area contributed by atoms with E-state index in [1.54, 1.807) is 12.1 Å². The van der Waals surface area contributed by atoms with E-state index in [9.17, 15) is 4.79 Å². The molecule has 0 aliphatic carbocycles. The first-order valence-electron chi connectivity index (χ1n) is 5.24. The number of nitrogen functional groups attached to an aromatic ring is 1. The second-order valence-corrected chi connectivity index (χ2v) is 3.76. The maximum Gasteiger partial charge on any atom is 0.267 e. The maximum absolute atomic E-state index is 11.1. The molecular weight excluding hydrogens is 226 g/mol. The molecule has 4 heteroatoms. The van der Waals surface area contributed by atoms with Gasteiger partial charge < -0.3 is 11.5 Å². The fourth-order valence-corrected chi connectivity index (χ4v) is 1.59. The van der Waals surface area contributed by atoms with Crippen molar-refractivity contribution in [3.05, 3.63) is 47.7 Å². The van der Waals surface area contributed by atoms with Gasteiger partial charge in [-0.05, 0) is 24.3 Å². The molecule has 0 aliphatic heterocycles. The van der Waals surface area contributed by atoms with Crippen LogP contribution in [0.4, 0.5) is 5.69 Å². The second kappa shape index (κ2) is 4.60. The van der Waals surface area contributed by atoms with Crippen LogP contribution in [-0.4, -0.2) is 10.9 Å². The van der Waals surface area contributed by atoms with Crippen molar-refractivity contribution in [1.29, 1.82) is 0 Å². The van der Waals surface area contributed by atoms with E-state index in [-0.39, 0.29) is 5.69 Å². The topological polar surface area (TPSA) is 82.0 Å². The van der Waals surface area contributed by atoms with Gasteiger partial charge >= 0.3 is 0 Å². The van der Waals surface area contributed by atoms with Crippen LogP contribution in [0.1, 0.15) is 16.1 Å². The summed E-state index contributed by atoms with van der Waals surface area (Å²) < 4.78 is 0. The number of primary amides is 1. The molecule has 0 atom stereocenters. The molecule has 0 radical (unpaired) electrons. The standard InChI is InChI=1S/C14H11N3O/c1-2-9-4-3-5-10(6-9)12-7-11(15)8-13(17-12)14(16)18/h1,3-8H,(H2,15,17)(H2,16,18). The van der Waals surface area contributed by atoms with E-state index in [0.717, 1.165) is 11.1 Å². The van der Waals surface area contributed by atoms with Gasteiger partial charge in [-0.25, -0.2) is 4.98 Å². The molecule has 4 N–H and O–H groups in total. The lowest BCUT2D eigenvalue weighted by Crippen LogP contribution is -2.13. The van der Waals surface area contributed by atoms with Crippen LogP contribution in [0.15, 0.2) is 36.4 Å². The smallest absolute Gasteiger partial charge is 0.267 e. The summed E-state index contributed by atoms with van der Waals surface area (Å²) in [5, 5.41) is 0. The van der Waals surface area contributed by atoms with E-state index in [4.69, 9.17) is 17.9 Å². The van der Waals surface area contributed by atoms with Crippen LogP contribution in [0.2, 0.25) is 0 Å². The molecule has 1 heterocycles. The summed E-state index contributed by atoms with van der Waals surface area (Å²) in [5.74, 6) is 1.92. The molecule has 0 unspecified atom stereocenters. The molecule has 1 aromatic heterocycles. The lowest BCUT2D eigenvalue weighted by Gasteiger charge is -2.05. The van der Waals surface area contributed by atoms with Gasteiger partial charge in [-0.2, -0.15) is 0 Å². The minimum absolute atomic E-state index is 0.135. The van der Waals surface area contributed by atoms with Gasteiger partial charge in [0.25, 0.3) is 5.91 Å². The first-order valence-corrected chi connectivity index (χ1v) is 5.24. The summed E-state index contributed by atoms with van der Waals surface area (Å²) in [7, 11) is 0. The third kappa shape index (κ3) is 2.30. The summed E-state index contributed by atoms with van der Waals surface area (Å²) in [6.07, 6.45) is 5.34. The Kier molecular flexibility index (Phi) is 2.98. The molecule has 0 saturated heterocycles. The van der Waals surface area contributed by atoms with Crippen molar-refractivity contribution < 1.29 is 4.79 Å². The van der Waals surface area contributed by atoms with Gasteiger partial charge in [0.05, 0.1) is 5.69 Å². The summed E-state index contributed by atoms with van der Waals surface area (Å²) in [5.41, 5.74) is 13.6. The maximum atomic E-state index is 11.1. The zero-order valence-electron chi connectivity index (χ0n) is 9.55. The third-order valence-corrected chi connectivity index (χ3v) is 2.43. The second-order valence-electron chi connectivity index (χ2n) is 3.76. The first kappa shape index (κ1) is 11.7. The molecule has 0 spiro atoms. The molecule has 4 nitrogen and oxygen atoms in total. The molecule has 18 heavy (non-hydrogen) atoms. The van der Waals surface area contributed by atoms with Crippen LogP contribution >= 0.6 is 0 Å². The summed E-state index contributed by atoms with van der Waals surface area (Å²) in [4.78, 5) is 15.3. The Bertz CT molecular complexity index is 656. The number of pyridine rings is 1. The molecule has 0 fully saturated rings. The fourth-order valence-electron chi connectivity index (χ4n) is 1.59. The van der Waals surface area contributed by atoms with Gasteiger partial charge in [-0.15, -0.1) is 6.42 Å². The van der Waals surface area contributed by atoms with Crippen molar-refractivity contribution in [2.24, 2.45) is 5.73 Å². The molecule has 1 aromatic carbocycles. The van der Waals surface area contributed by atoms with Gasteiger partial charge in [0, 0.05) is 16.8 Å². The minimum atomic E-state index is -0.614. The molecule has 88 valence electrons. The van der Waals surface area contributed by atoms with Crippen LogP contribution in [-0.2, 0) is 0 Å². The van der Waals surface area contributed by atoms with Crippen LogP contribution in [0.5, 0.6) is 0 Å². The fraction of sp³-hybridized carbons (Fsp3) is 0. The van der Waals surface area contributed by atoms with Gasteiger partial charge in [0.15, 0.2) is 0 Å². The molecule has 0 aliphatic rings. The van der Waals surface area contributed by atoms with Crippen molar-refractivity contribution in [1.82, 2.24) is 4.98 Å². The Labute approximate surface area is 105 Å². The average molecular weight is 237 g/mol. The van der Waals surface area contributed by atoms with Crippen molar-refractivity contribution >= 4 is 11.6 Å². The van der Waals surface area contributed by atoms with E-state index in [0.29, 0.717) is 11.4 Å². The predicted octanol–water partition coefficient (Wildman–Crippen LogP) is 1.41. The lowest BCUT2D eigenvalue weighted by molar-refractivity contribution is 0.0995. The van der Waals surface area contributed by atoms with Crippen molar-refractivity contribution in [2.45, 2.75) is 0 Å². The number of nitrogens with two attached hydrogens (primary N) is 2. The van der Waals surface area contributed by atoms with Gasteiger partial charge in [0.2, 0.25) is 0 Å². The highest BCUT2D eigenvalue weighted by Gasteiger charge is 2.07. The zero-order chi connectivity index (χ0) is 13.1. The van der Waals surface area contributed by atoms with E-state index >= 15 is 0 Å². The number of carbonyl (C=O) groups is 1. The van der Waals surface area contributed by atoms with E-state index in [1.807, 2.05) is 18.2 Å². The van der Waals surface area contributed by atoms with E-state index in [1.165, 1.54) is 6.07 Å². The number of benzene rings is 1. The Morgan fingerprint density at radius 1 is 1.28 bits per heavy atom. The predicted molar refractivity (Wildman–Crippen MR) is 70.5 cm³/mol. The minimum Gasteiger partial charge on any atom is -0.399 e. The van der Waals surface area contributed by atoms with Crippen molar-refractivity contribution in [3.8, 4) is 23.6 Å². The quantitative estimate of drug-likeness (QED) is 0.775. The number of rotatable bonds is 2. The number of terminal acetylenes is 1. The van der Waals surface area contributed by atoms with E-state index in [2.05, 4.69) is 10.9 Å². The Morgan fingerprint density at radius 3 is 2.72 bits per heavy atom. The zero-order valence-corrected chi connectivity index (χ0v) is 9.55. The van der Waals surface area contributed by atoms with Gasteiger partial charge in [-0.3, -0.25) is 4.79 Å². The van der Waals surface area contributed by atoms with Gasteiger partial charge in [-0.1, -0.05) is 18.1 Å². The molecular formula is C14H11N3O. The number of carbonyl (C=O) groups excluding carboxylic acids is 1. The molecule has 1 amide bonds. The van der Waals surface area contributed by atoms with Crippen molar-refractivity contribution in [2.75, 3.05) is 5.73 Å². The van der Waals surface area contributed by atoms with Crippen LogP contribution in [0.25, 0.3) is 11.3 Å². The molecule has 2 aromatic rings. The molecule has 0 saturated carbocycles.